The molecule has 6 N–H and O–H groups in total. The van der Waals surface area contributed by atoms with Crippen LogP contribution in [0.25, 0.3) is 0 Å². The Labute approximate surface area is 100 Å². The quantitative estimate of drug-likeness (QED) is 0.208. The molecule has 0 aliphatic heterocycles. The summed E-state index contributed by atoms with van der Waals surface area (Å²) in [5.41, 5.74) is 10.4. The second-order valence-corrected chi connectivity index (χ2v) is 3.95. The zero-order chi connectivity index (χ0) is 13.4. The summed E-state index contributed by atoms with van der Waals surface area (Å²) >= 11 is 0. The lowest BCUT2D eigenvalue weighted by Crippen LogP contribution is -2.43. The summed E-state index contributed by atoms with van der Waals surface area (Å²) in [5.74, 6) is -1.67. The SMILES string of the molecule is CCCC(C(=O)NC(C)CC(N)=O)C(N)=NO. The molecule has 7 heteroatoms. The maximum absolute atomic E-state index is 11.8. The average molecular weight is 244 g/mol. The Bertz CT molecular complexity index is 304. The fourth-order valence-electron chi connectivity index (χ4n) is 1.47. The molecule has 0 radical (unpaired) electrons. The highest BCUT2D eigenvalue weighted by Gasteiger charge is 2.23. The largest absolute Gasteiger partial charge is 0.409 e. The summed E-state index contributed by atoms with van der Waals surface area (Å²) in [7, 11) is 0. The molecule has 0 aromatic rings. The standard InChI is InChI=1S/C10H20N4O3/c1-3-4-7(9(12)14-17)10(16)13-6(2)5-8(11)15/h6-7,17H,3-5H2,1-2H3,(H2,11,15)(H2,12,14)(H,13,16). The molecule has 0 bridgehead atoms. The van der Waals surface area contributed by atoms with Gasteiger partial charge < -0.3 is 22.0 Å². The van der Waals surface area contributed by atoms with E-state index in [9.17, 15) is 9.59 Å². The first-order valence-electron chi connectivity index (χ1n) is 5.48. The van der Waals surface area contributed by atoms with Gasteiger partial charge in [-0.25, -0.2) is 0 Å². The number of oxime groups is 1. The van der Waals surface area contributed by atoms with Crippen LogP contribution in [0.2, 0.25) is 0 Å². The monoisotopic (exact) mass is 244 g/mol. The fraction of sp³-hybridized carbons (Fsp3) is 0.700. The van der Waals surface area contributed by atoms with Crippen molar-refractivity contribution in [1.82, 2.24) is 5.32 Å². The topological polar surface area (TPSA) is 131 Å². The van der Waals surface area contributed by atoms with Gasteiger partial charge in [0.15, 0.2) is 5.84 Å². The van der Waals surface area contributed by atoms with Crippen LogP contribution in [0.5, 0.6) is 0 Å². The molecule has 2 unspecified atom stereocenters. The number of amidine groups is 1. The summed E-state index contributed by atoms with van der Waals surface area (Å²) in [6.45, 7) is 3.55. The number of carbonyl (C=O) groups excluding carboxylic acids is 2. The lowest BCUT2D eigenvalue weighted by Gasteiger charge is -2.18. The zero-order valence-electron chi connectivity index (χ0n) is 10.1. The van der Waals surface area contributed by atoms with Gasteiger partial charge in [-0.3, -0.25) is 9.59 Å². The third-order valence-electron chi connectivity index (χ3n) is 2.26. The highest BCUT2D eigenvalue weighted by atomic mass is 16.4. The number of amides is 2. The van der Waals surface area contributed by atoms with Crippen molar-refractivity contribution in [2.75, 3.05) is 0 Å². The van der Waals surface area contributed by atoms with E-state index in [1.165, 1.54) is 0 Å². The molecule has 0 aromatic heterocycles. The molecule has 98 valence electrons. The van der Waals surface area contributed by atoms with Crippen molar-refractivity contribution >= 4 is 17.6 Å². The predicted molar refractivity (Wildman–Crippen MR) is 63.2 cm³/mol. The summed E-state index contributed by atoms with van der Waals surface area (Å²) in [6, 6.07) is -0.370. The number of hydrogen-bond acceptors (Lipinski definition) is 4. The van der Waals surface area contributed by atoms with Gasteiger partial charge in [-0.15, -0.1) is 0 Å². The Kier molecular flexibility index (Phi) is 6.69. The number of nitrogens with two attached hydrogens (primary N) is 2. The van der Waals surface area contributed by atoms with Gasteiger partial charge in [0, 0.05) is 12.5 Å². The van der Waals surface area contributed by atoms with E-state index >= 15 is 0 Å². The van der Waals surface area contributed by atoms with Crippen LogP contribution in [0, 0.1) is 5.92 Å². The van der Waals surface area contributed by atoms with E-state index in [2.05, 4.69) is 10.5 Å². The Balaban J connectivity index is 4.47. The number of carbonyl (C=O) groups is 2. The van der Waals surface area contributed by atoms with Crippen LogP contribution in [0.15, 0.2) is 5.16 Å². The molecule has 17 heavy (non-hydrogen) atoms. The molecule has 0 saturated carbocycles. The van der Waals surface area contributed by atoms with Crippen LogP contribution < -0.4 is 16.8 Å². The minimum absolute atomic E-state index is 0.0563. The van der Waals surface area contributed by atoms with Crippen molar-refractivity contribution in [3.8, 4) is 0 Å². The highest BCUT2D eigenvalue weighted by molar-refractivity contribution is 6.02. The molecular weight excluding hydrogens is 224 g/mol. The van der Waals surface area contributed by atoms with Crippen LogP contribution in [-0.4, -0.2) is 28.9 Å². The van der Waals surface area contributed by atoms with E-state index in [4.69, 9.17) is 16.7 Å². The smallest absolute Gasteiger partial charge is 0.231 e. The van der Waals surface area contributed by atoms with Crippen molar-refractivity contribution in [2.45, 2.75) is 39.2 Å². The number of primary amides is 1. The fourth-order valence-corrected chi connectivity index (χ4v) is 1.47. The highest BCUT2D eigenvalue weighted by Crippen LogP contribution is 2.07. The van der Waals surface area contributed by atoms with Crippen molar-refractivity contribution in [2.24, 2.45) is 22.5 Å². The van der Waals surface area contributed by atoms with E-state index in [1.54, 1.807) is 6.92 Å². The van der Waals surface area contributed by atoms with E-state index in [-0.39, 0.29) is 24.2 Å². The molecule has 0 fully saturated rings. The van der Waals surface area contributed by atoms with Gasteiger partial charge >= 0.3 is 0 Å². The maximum atomic E-state index is 11.8. The lowest BCUT2D eigenvalue weighted by molar-refractivity contribution is -0.124. The van der Waals surface area contributed by atoms with Crippen LogP contribution >= 0.6 is 0 Å². The molecule has 2 atom stereocenters. The summed E-state index contributed by atoms with van der Waals surface area (Å²) in [5, 5.41) is 14.0. The molecule has 7 nitrogen and oxygen atoms in total. The van der Waals surface area contributed by atoms with Gasteiger partial charge in [-0.2, -0.15) is 0 Å². The Morgan fingerprint density at radius 2 is 2.00 bits per heavy atom. The predicted octanol–water partition coefficient (Wildman–Crippen LogP) is -0.471. The molecule has 0 aromatic carbocycles. The Hall–Kier alpha value is -1.79. The van der Waals surface area contributed by atoms with Gasteiger partial charge in [0.1, 0.15) is 0 Å². The molecule has 0 aliphatic carbocycles. The second kappa shape index (κ2) is 7.48. The molecular formula is C10H20N4O3. The molecule has 0 aliphatic rings. The number of nitrogens with zero attached hydrogens (tertiary/aromatic N) is 1. The summed E-state index contributed by atoms with van der Waals surface area (Å²) < 4.78 is 0. The molecule has 0 spiro atoms. The van der Waals surface area contributed by atoms with E-state index in [1.807, 2.05) is 6.92 Å². The minimum Gasteiger partial charge on any atom is -0.409 e. The zero-order valence-corrected chi connectivity index (χ0v) is 10.1. The van der Waals surface area contributed by atoms with Crippen molar-refractivity contribution in [3.63, 3.8) is 0 Å². The average Bonchev–Trinajstić information content (AvgIpc) is 2.23. The third kappa shape index (κ3) is 5.74. The number of nitrogens with one attached hydrogen (secondary N) is 1. The van der Waals surface area contributed by atoms with Crippen LogP contribution in [0.3, 0.4) is 0 Å². The maximum Gasteiger partial charge on any atom is 0.231 e. The van der Waals surface area contributed by atoms with E-state index in [0.29, 0.717) is 6.42 Å². The van der Waals surface area contributed by atoms with E-state index < -0.39 is 11.8 Å². The Morgan fingerprint density at radius 3 is 2.41 bits per heavy atom. The number of rotatable bonds is 7. The van der Waals surface area contributed by atoms with Crippen molar-refractivity contribution < 1.29 is 14.8 Å². The first kappa shape index (κ1) is 15.2. The van der Waals surface area contributed by atoms with Gasteiger partial charge in [0.2, 0.25) is 11.8 Å². The summed E-state index contributed by atoms with van der Waals surface area (Å²) in [4.78, 5) is 22.4. The van der Waals surface area contributed by atoms with Gasteiger partial charge in [-0.05, 0) is 13.3 Å². The minimum atomic E-state index is -0.680. The van der Waals surface area contributed by atoms with Crippen LogP contribution in [-0.2, 0) is 9.59 Å². The van der Waals surface area contributed by atoms with Gasteiger partial charge in [-0.1, -0.05) is 18.5 Å². The van der Waals surface area contributed by atoms with Crippen molar-refractivity contribution in [1.29, 1.82) is 0 Å². The van der Waals surface area contributed by atoms with Crippen LogP contribution in [0.4, 0.5) is 0 Å². The van der Waals surface area contributed by atoms with Crippen molar-refractivity contribution in [3.05, 3.63) is 0 Å². The third-order valence-corrected chi connectivity index (χ3v) is 2.26. The van der Waals surface area contributed by atoms with Gasteiger partial charge in [0.05, 0.1) is 5.92 Å². The Morgan fingerprint density at radius 1 is 1.41 bits per heavy atom. The molecule has 0 rings (SSSR count). The normalized spacial score (nSPS) is 15.1. The molecule has 0 heterocycles. The molecule has 0 saturated heterocycles. The van der Waals surface area contributed by atoms with Gasteiger partial charge in [0.25, 0.3) is 0 Å². The number of hydrogen-bond donors (Lipinski definition) is 4. The second-order valence-electron chi connectivity index (χ2n) is 3.95. The van der Waals surface area contributed by atoms with E-state index in [0.717, 1.165) is 6.42 Å². The van der Waals surface area contributed by atoms with Crippen LogP contribution in [0.1, 0.15) is 33.1 Å². The first-order valence-corrected chi connectivity index (χ1v) is 5.48. The first-order chi connectivity index (χ1) is 7.92. The molecule has 2 amide bonds. The lowest BCUT2D eigenvalue weighted by atomic mass is 10.0. The summed E-state index contributed by atoms with van der Waals surface area (Å²) in [6.07, 6.45) is 1.25.